The molecule has 0 fully saturated rings. The molecule has 3 N–H and O–H groups in total. The van der Waals surface area contributed by atoms with Crippen LogP contribution in [-0.2, 0) is 0 Å². The number of benzene rings is 1. The highest BCUT2D eigenvalue weighted by atomic mass is 16.4. The van der Waals surface area contributed by atoms with Gasteiger partial charge in [-0.2, -0.15) is 0 Å². The third kappa shape index (κ3) is 2.32. The van der Waals surface area contributed by atoms with E-state index < -0.39 is 0 Å². The Labute approximate surface area is 104 Å². The zero-order valence-corrected chi connectivity index (χ0v) is 10.4. The lowest BCUT2D eigenvalue weighted by Crippen LogP contribution is -2.14. The third-order valence-electron chi connectivity index (χ3n) is 2.60. The van der Waals surface area contributed by atoms with Crippen LogP contribution in [0, 0.1) is 20.8 Å². The van der Waals surface area contributed by atoms with E-state index in [4.69, 9.17) is 10.2 Å². The minimum Gasteiger partial charge on any atom is -0.408 e. The molecule has 2 aromatic rings. The van der Waals surface area contributed by atoms with Crippen LogP contribution in [-0.4, -0.2) is 16.1 Å². The standard InChI is InChI=1S/C12H14N4O2/c1-6-4-7(2)10(13)5-9(6)11(17)14-12-16-15-8(3)18-12/h4-5H,13H2,1-3H3,(H,14,16,17). The Morgan fingerprint density at radius 1 is 1.22 bits per heavy atom. The maximum absolute atomic E-state index is 12.0. The summed E-state index contributed by atoms with van der Waals surface area (Å²) in [6.07, 6.45) is 0. The molecule has 0 radical (unpaired) electrons. The molecule has 0 aliphatic heterocycles. The number of nitrogens with zero attached hydrogens (tertiary/aromatic N) is 2. The molecular formula is C12H14N4O2. The summed E-state index contributed by atoms with van der Waals surface area (Å²) in [4.78, 5) is 12.0. The lowest BCUT2D eigenvalue weighted by atomic mass is 10.0. The third-order valence-corrected chi connectivity index (χ3v) is 2.60. The number of nitrogen functional groups attached to an aromatic ring is 1. The predicted molar refractivity (Wildman–Crippen MR) is 67.3 cm³/mol. The van der Waals surface area contributed by atoms with Gasteiger partial charge in [0, 0.05) is 18.2 Å². The van der Waals surface area contributed by atoms with E-state index in [9.17, 15) is 4.79 Å². The largest absolute Gasteiger partial charge is 0.408 e. The number of nitrogens with two attached hydrogens (primary N) is 1. The molecule has 0 saturated carbocycles. The molecule has 1 aromatic carbocycles. The molecule has 1 amide bonds. The van der Waals surface area contributed by atoms with Gasteiger partial charge in [0.15, 0.2) is 0 Å². The molecule has 0 bridgehead atoms. The number of aromatic nitrogens is 2. The van der Waals surface area contributed by atoms with E-state index in [1.807, 2.05) is 19.9 Å². The van der Waals surface area contributed by atoms with Gasteiger partial charge in [0.05, 0.1) is 0 Å². The summed E-state index contributed by atoms with van der Waals surface area (Å²) in [5.41, 5.74) is 8.65. The van der Waals surface area contributed by atoms with Gasteiger partial charge in [-0.1, -0.05) is 11.2 Å². The Hall–Kier alpha value is -2.37. The quantitative estimate of drug-likeness (QED) is 0.788. The Bertz CT molecular complexity index is 604. The van der Waals surface area contributed by atoms with E-state index in [2.05, 4.69) is 15.5 Å². The predicted octanol–water partition coefficient (Wildman–Crippen LogP) is 1.83. The summed E-state index contributed by atoms with van der Waals surface area (Å²) in [6, 6.07) is 3.59. The van der Waals surface area contributed by atoms with Gasteiger partial charge in [0.25, 0.3) is 5.91 Å². The topological polar surface area (TPSA) is 94.0 Å². The highest BCUT2D eigenvalue weighted by Crippen LogP contribution is 2.19. The molecule has 6 nitrogen and oxygen atoms in total. The van der Waals surface area contributed by atoms with Crippen molar-refractivity contribution in [1.29, 1.82) is 0 Å². The Balaban J connectivity index is 2.26. The summed E-state index contributed by atoms with van der Waals surface area (Å²) >= 11 is 0. The summed E-state index contributed by atoms with van der Waals surface area (Å²) in [7, 11) is 0. The van der Waals surface area contributed by atoms with Crippen molar-refractivity contribution in [3.05, 3.63) is 34.7 Å². The van der Waals surface area contributed by atoms with Crippen LogP contribution in [0.15, 0.2) is 16.5 Å². The molecule has 6 heteroatoms. The number of carbonyl (C=O) groups is 1. The van der Waals surface area contributed by atoms with Gasteiger partial charge < -0.3 is 10.2 Å². The molecule has 1 heterocycles. The van der Waals surface area contributed by atoms with Crippen molar-refractivity contribution >= 4 is 17.6 Å². The summed E-state index contributed by atoms with van der Waals surface area (Å²) in [5, 5.41) is 9.86. The first-order valence-electron chi connectivity index (χ1n) is 5.45. The van der Waals surface area contributed by atoms with Crippen LogP contribution in [0.1, 0.15) is 27.4 Å². The molecule has 0 spiro atoms. The lowest BCUT2D eigenvalue weighted by Gasteiger charge is -2.08. The van der Waals surface area contributed by atoms with Crippen LogP contribution < -0.4 is 11.1 Å². The van der Waals surface area contributed by atoms with E-state index >= 15 is 0 Å². The number of rotatable bonds is 2. The van der Waals surface area contributed by atoms with Crippen molar-refractivity contribution < 1.29 is 9.21 Å². The van der Waals surface area contributed by atoms with E-state index in [-0.39, 0.29) is 11.9 Å². The zero-order chi connectivity index (χ0) is 13.3. The molecule has 18 heavy (non-hydrogen) atoms. The molecule has 0 aliphatic carbocycles. The molecule has 0 saturated heterocycles. The summed E-state index contributed by atoms with van der Waals surface area (Å²) in [6.45, 7) is 5.39. The first-order chi connectivity index (χ1) is 8.47. The van der Waals surface area contributed by atoms with Gasteiger partial charge in [-0.05, 0) is 31.0 Å². The molecule has 2 rings (SSSR count). The highest BCUT2D eigenvalue weighted by Gasteiger charge is 2.13. The van der Waals surface area contributed by atoms with Gasteiger partial charge >= 0.3 is 6.01 Å². The van der Waals surface area contributed by atoms with E-state index in [1.165, 1.54) is 0 Å². The van der Waals surface area contributed by atoms with Gasteiger partial charge in [-0.15, -0.1) is 5.10 Å². The van der Waals surface area contributed by atoms with Crippen molar-refractivity contribution in [1.82, 2.24) is 10.2 Å². The molecular weight excluding hydrogens is 232 g/mol. The van der Waals surface area contributed by atoms with Crippen molar-refractivity contribution in [3.63, 3.8) is 0 Å². The molecule has 0 aliphatic rings. The van der Waals surface area contributed by atoms with Crippen molar-refractivity contribution in [2.24, 2.45) is 0 Å². The number of anilines is 2. The highest BCUT2D eigenvalue weighted by molar-refractivity contribution is 6.04. The molecule has 0 atom stereocenters. The number of nitrogens with one attached hydrogen (secondary N) is 1. The minimum absolute atomic E-state index is 0.0797. The average molecular weight is 246 g/mol. The normalized spacial score (nSPS) is 10.4. The summed E-state index contributed by atoms with van der Waals surface area (Å²) in [5.74, 6) is 0.0771. The first kappa shape index (κ1) is 12.1. The Kier molecular flexibility index (Phi) is 3.01. The van der Waals surface area contributed by atoms with Crippen LogP contribution in [0.4, 0.5) is 11.7 Å². The van der Waals surface area contributed by atoms with Crippen molar-refractivity contribution in [2.45, 2.75) is 20.8 Å². The number of amides is 1. The van der Waals surface area contributed by atoms with Crippen LogP contribution >= 0.6 is 0 Å². The van der Waals surface area contributed by atoms with Crippen LogP contribution in [0.3, 0.4) is 0 Å². The maximum Gasteiger partial charge on any atom is 0.322 e. The second-order valence-electron chi connectivity index (χ2n) is 4.10. The first-order valence-corrected chi connectivity index (χ1v) is 5.45. The van der Waals surface area contributed by atoms with Crippen LogP contribution in [0.25, 0.3) is 0 Å². The number of hydrogen-bond donors (Lipinski definition) is 2. The van der Waals surface area contributed by atoms with Crippen LogP contribution in [0.2, 0.25) is 0 Å². The fourth-order valence-corrected chi connectivity index (χ4v) is 1.63. The van der Waals surface area contributed by atoms with Gasteiger partial charge in [-0.25, -0.2) is 0 Å². The van der Waals surface area contributed by atoms with E-state index in [0.29, 0.717) is 17.1 Å². The Morgan fingerprint density at radius 3 is 2.56 bits per heavy atom. The summed E-state index contributed by atoms with van der Waals surface area (Å²) < 4.78 is 5.08. The molecule has 94 valence electrons. The lowest BCUT2D eigenvalue weighted by molar-refractivity contribution is 0.102. The van der Waals surface area contributed by atoms with Crippen molar-refractivity contribution in [3.8, 4) is 0 Å². The second kappa shape index (κ2) is 4.48. The van der Waals surface area contributed by atoms with E-state index in [1.54, 1.807) is 13.0 Å². The number of carbonyl (C=O) groups excluding carboxylic acids is 1. The number of aryl methyl sites for hydroxylation is 3. The monoisotopic (exact) mass is 246 g/mol. The molecule has 1 aromatic heterocycles. The fraction of sp³-hybridized carbons (Fsp3) is 0.250. The van der Waals surface area contributed by atoms with Crippen LogP contribution in [0.5, 0.6) is 0 Å². The van der Waals surface area contributed by atoms with E-state index in [0.717, 1.165) is 11.1 Å². The van der Waals surface area contributed by atoms with Gasteiger partial charge in [-0.3, -0.25) is 10.1 Å². The SMILES string of the molecule is Cc1nnc(NC(=O)c2cc(N)c(C)cc2C)o1. The minimum atomic E-state index is -0.317. The number of hydrogen-bond acceptors (Lipinski definition) is 5. The fourth-order valence-electron chi connectivity index (χ4n) is 1.63. The second-order valence-corrected chi connectivity index (χ2v) is 4.10. The van der Waals surface area contributed by atoms with Gasteiger partial charge in [0.2, 0.25) is 5.89 Å². The zero-order valence-electron chi connectivity index (χ0n) is 10.4. The average Bonchev–Trinajstić information content (AvgIpc) is 2.69. The molecule has 0 unspecified atom stereocenters. The Morgan fingerprint density at radius 2 is 1.94 bits per heavy atom. The van der Waals surface area contributed by atoms with Crippen molar-refractivity contribution in [2.75, 3.05) is 11.1 Å². The smallest absolute Gasteiger partial charge is 0.322 e. The maximum atomic E-state index is 12.0. The van der Waals surface area contributed by atoms with Gasteiger partial charge in [0.1, 0.15) is 0 Å².